The van der Waals surface area contributed by atoms with Gasteiger partial charge in [-0.1, -0.05) is 6.92 Å². The third-order valence-corrected chi connectivity index (χ3v) is 7.15. The van der Waals surface area contributed by atoms with Crippen LogP contribution in [0.2, 0.25) is 0 Å². The molecule has 29 heavy (non-hydrogen) atoms. The minimum absolute atomic E-state index is 0.0290. The maximum Gasteiger partial charge on any atom is 0.353 e. The number of carboxylic acid groups (broad SMARTS) is 1. The fourth-order valence-corrected chi connectivity index (χ4v) is 5.74. The summed E-state index contributed by atoms with van der Waals surface area (Å²) in [4.78, 5) is 39.9. The number of aliphatic hydroxyl groups is 2. The molecule has 2 amide bonds. The number of carbonyl (C=O) groups is 3. The van der Waals surface area contributed by atoms with E-state index < -0.39 is 24.1 Å². The maximum atomic E-state index is 12.3. The molecular weight excluding hydrogens is 400 g/mol. The van der Waals surface area contributed by atoms with Crippen molar-refractivity contribution in [1.82, 2.24) is 15.1 Å². The number of nitrogens with one attached hydrogen (secondary N) is 1. The molecule has 3 aliphatic heterocycles. The van der Waals surface area contributed by atoms with Gasteiger partial charge in [-0.15, -0.1) is 11.8 Å². The van der Waals surface area contributed by atoms with Crippen molar-refractivity contribution in [2.75, 3.05) is 32.7 Å². The number of nitrogens with zero attached hydrogens (tertiary/aromatic N) is 2. The SMILES string of the molecule is C[C@@H](O)[C@H]1C(=O)N2C(C(=O)O)=C(SC3CN(CC(=O)NCC(O)CN)C3)[C@H](C)[C@H]12. The number of amides is 2. The molecule has 3 heterocycles. The fraction of sp³-hybridized carbons (Fsp3) is 0.722. The van der Waals surface area contributed by atoms with Gasteiger partial charge in [0.2, 0.25) is 11.8 Å². The van der Waals surface area contributed by atoms with Gasteiger partial charge in [0.15, 0.2) is 0 Å². The average molecular weight is 429 g/mol. The van der Waals surface area contributed by atoms with Gasteiger partial charge in [0, 0.05) is 42.3 Å². The number of fused-ring (bicyclic) bond motifs is 1. The Morgan fingerprint density at radius 2 is 2.00 bits per heavy atom. The number of carbonyl (C=O) groups excluding carboxylic acids is 2. The van der Waals surface area contributed by atoms with Crippen molar-refractivity contribution >= 4 is 29.5 Å². The molecule has 162 valence electrons. The van der Waals surface area contributed by atoms with Gasteiger partial charge < -0.3 is 31.3 Å². The number of aliphatic hydroxyl groups excluding tert-OH is 2. The fourth-order valence-electron chi connectivity index (χ4n) is 4.16. The van der Waals surface area contributed by atoms with Gasteiger partial charge >= 0.3 is 5.97 Å². The average Bonchev–Trinajstić information content (AvgIpc) is 2.86. The van der Waals surface area contributed by atoms with E-state index in [0.29, 0.717) is 18.0 Å². The number of carboxylic acids is 1. The molecule has 6 N–H and O–H groups in total. The van der Waals surface area contributed by atoms with Crippen LogP contribution >= 0.6 is 11.8 Å². The number of likely N-dealkylation sites (tertiary alicyclic amines) is 1. The summed E-state index contributed by atoms with van der Waals surface area (Å²) in [6.07, 6.45) is -1.58. The Morgan fingerprint density at radius 3 is 2.55 bits per heavy atom. The van der Waals surface area contributed by atoms with Crippen LogP contribution in [0.4, 0.5) is 0 Å². The smallest absolute Gasteiger partial charge is 0.353 e. The van der Waals surface area contributed by atoms with Crippen molar-refractivity contribution in [1.29, 1.82) is 0 Å². The molecule has 0 spiro atoms. The predicted molar refractivity (Wildman–Crippen MR) is 106 cm³/mol. The van der Waals surface area contributed by atoms with Crippen LogP contribution in [0.1, 0.15) is 13.8 Å². The van der Waals surface area contributed by atoms with Gasteiger partial charge in [0.25, 0.3) is 0 Å². The molecule has 0 bridgehead atoms. The largest absolute Gasteiger partial charge is 0.477 e. The molecule has 0 aromatic carbocycles. The Balaban J connectivity index is 1.55. The number of β-lactam (4-membered cyclic amide) rings is 1. The molecule has 10 nitrogen and oxygen atoms in total. The molecular formula is C18H28N4O6S. The predicted octanol–water partition coefficient (Wildman–Crippen LogP) is -2.01. The summed E-state index contributed by atoms with van der Waals surface area (Å²) in [5.41, 5.74) is 5.32. The van der Waals surface area contributed by atoms with Crippen molar-refractivity contribution < 1.29 is 29.7 Å². The van der Waals surface area contributed by atoms with Crippen molar-refractivity contribution in [2.24, 2.45) is 17.6 Å². The quantitative estimate of drug-likeness (QED) is 0.262. The van der Waals surface area contributed by atoms with Crippen LogP contribution in [0, 0.1) is 11.8 Å². The normalized spacial score (nSPS) is 29.2. The molecule has 0 saturated carbocycles. The Morgan fingerprint density at radius 1 is 1.34 bits per heavy atom. The van der Waals surface area contributed by atoms with Crippen LogP contribution in [0.5, 0.6) is 0 Å². The summed E-state index contributed by atoms with van der Waals surface area (Å²) >= 11 is 1.45. The van der Waals surface area contributed by atoms with Crippen molar-refractivity contribution in [3.8, 4) is 0 Å². The summed E-state index contributed by atoms with van der Waals surface area (Å²) < 4.78 is 0. The molecule has 3 rings (SSSR count). The molecule has 0 aliphatic carbocycles. The van der Waals surface area contributed by atoms with Gasteiger partial charge in [-0.3, -0.25) is 14.5 Å². The van der Waals surface area contributed by atoms with E-state index in [-0.39, 0.29) is 54.4 Å². The van der Waals surface area contributed by atoms with Gasteiger partial charge in [-0.25, -0.2) is 4.79 Å². The van der Waals surface area contributed by atoms with Crippen LogP contribution in [0.15, 0.2) is 10.6 Å². The number of aliphatic carboxylic acids is 1. The minimum Gasteiger partial charge on any atom is -0.477 e. The van der Waals surface area contributed by atoms with E-state index >= 15 is 0 Å². The lowest BCUT2D eigenvalue weighted by Crippen LogP contribution is -2.63. The van der Waals surface area contributed by atoms with E-state index in [0.717, 1.165) is 0 Å². The summed E-state index contributed by atoms with van der Waals surface area (Å²) in [7, 11) is 0. The summed E-state index contributed by atoms with van der Waals surface area (Å²) in [5, 5.41) is 31.6. The first-order valence-corrected chi connectivity index (χ1v) is 10.6. The van der Waals surface area contributed by atoms with Crippen molar-refractivity contribution in [3.63, 3.8) is 0 Å². The summed E-state index contributed by atoms with van der Waals surface area (Å²) in [6, 6.07) is -0.313. The summed E-state index contributed by atoms with van der Waals surface area (Å²) in [6.45, 7) is 5.09. The van der Waals surface area contributed by atoms with E-state index in [2.05, 4.69) is 5.32 Å². The van der Waals surface area contributed by atoms with Crippen LogP contribution in [0.3, 0.4) is 0 Å². The summed E-state index contributed by atoms with van der Waals surface area (Å²) in [5.74, 6) is -2.39. The molecule has 2 saturated heterocycles. The van der Waals surface area contributed by atoms with Crippen molar-refractivity contribution in [3.05, 3.63) is 10.6 Å². The first-order chi connectivity index (χ1) is 13.6. The van der Waals surface area contributed by atoms with Crippen LogP contribution in [-0.4, -0.2) is 99.1 Å². The lowest BCUT2D eigenvalue weighted by atomic mass is 9.79. The monoisotopic (exact) mass is 428 g/mol. The van der Waals surface area contributed by atoms with E-state index in [9.17, 15) is 29.7 Å². The highest BCUT2D eigenvalue weighted by atomic mass is 32.2. The molecule has 0 aromatic heterocycles. The Bertz CT molecular complexity index is 723. The first kappa shape index (κ1) is 22.0. The van der Waals surface area contributed by atoms with Gasteiger partial charge in [0.05, 0.1) is 30.7 Å². The van der Waals surface area contributed by atoms with Gasteiger partial charge in [0.1, 0.15) is 5.70 Å². The molecule has 2 fully saturated rings. The second-order valence-electron chi connectivity index (χ2n) is 7.90. The van der Waals surface area contributed by atoms with E-state index in [1.54, 1.807) is 6.92 Å². The number of hydrogen-bond acceptors (Lipinski definition) is 8. The zero-order valence-corrected chi connectivity index (χ0v) is 17.3. The molecule has 1 unspecified atom stereocenters. The third-order valence-electron chi connectivity index (χ3n) is 5.70. The lowest BCUT2D eigenvalue weighted by Gasteiger charge is -2.46. The van der Waals surface area contributed by atoms with E-state index in [1.807, 2.05) is 11.8 Å². The van der Waals surface area contributed by atoms with Crippen LogP contribution in [-0.2, 0) is 14.4 Å². The Kier molecular flexibility index (Phi) is 6.54. The highest BCUT2D eigenvalue weighted by Gasteiger charge is 2.60. The van der Waals surface area contributed by atoms with E-state index in [4.69, 9.17) is 5.73 Å². The number of thioether (sulfide) groups is 1. The van der Waals surface area contributed by atoms with Crippen LogP contribution in [0.25, 0.3) is 0 Å². The molecule has 0 radical (unpaired) electrons. The first-order valence-electron chi connectivity index (χ1n) is 9.68. The number of nitrogens with two attached hydrogens (primary N) is 1. The second kappa shape index (κ2) is 8.60. The Hall–Kier alpha value is -1.66. The zero-order chi connectivity index (χ0) is 21.5. The lowest BCUT2D eigenvalue weighted by molar-refractivity contribution is -0.163. The van der Waals surface area contributed by atoms with Gasteiger partial charge in [-0.2, -0.15) is 0 Å². The highest BCUT2D eigenvalue weighted by molar-refractivity contribution is 8.03. The Labute approximate surface area is 173 Å². The molecule has 3 aliphatic rings. The molecule has 11 heteroatoms. The highest BCUT2D eigenvalue weighted by Crippen LogP contribution is 2.51. The minimum atomic E-state index is -1.13. The molecule has 0 aromatic rings. The van der Waals surface area contributed by atoms with Gasteiger partial charge in [-0.05, 0) is 6.92 Å². The standard InChI is InChI=1S/C18H28N4O6S/c1-8-14-13(9(2)23)17(26)22(14)15(18(27)28)16(8)29-11-5-21(6-11)7-12(25)20-4-10(24)3-19/h8-11,13-14,23-24H,3-7,19H2,1-2H3,(H,20,25)(H,27,28)/t8-,9-,10?,13-,14-/m1/s1. The molecule has 5 atom stereocenters. The van der Waals surface area contributed by atoms with E-state index in [1.165, 1.54) is 16.7 Å². The second-order valence-corrected chi connectivity index (χ2v) is 9.24. The zero-order valence-electron chi connectivity index (χ0n) is 16.4. The van der Waals surface area contributed by atoms with Crippen LogP contribution < -0.4 is 11.1 Å². The third kappa shape index (κ3) is 4.15. The van der Waals surface area contributed by atoms with Crippen molar-refractivity contribution in [2.45, 2.75) is 37.3 Å². The number of rotatable bonds is 9. The number of hydrogen-bond donors (Lipinski definition) is 5. The maximum absolute atomic E-state index is 12.3. The topological polar surface area (TPSA) is 156 Å².